The van der Waals surface area contributed by atoms with Crippen molar-refractivity contribution in [3.8, 4) is 0 Å². The molecule has 1 aromatic carbocycles. The van der Waals surface area contributed by atoms with E-state index in [1.54, 1.807) is 17.0 Å². The fourth-order valence-electron chi connectivity index (χ4n) is 4.50. The predicted octanol–water partition coefficient (Wildman–Crippen LogP) is 1.98. The Hall–Kier alpha value is -3.42. The van der Waals surface area contributed by atoms with Gasteiger partial charge in [-0.3, -0.25) is 14.3 Å². The molecule has 0 bridgehead atoms. The van der Waals surface area contributed by atoms with Gasteiger partial charge in [-0.05, 0) is 48.9 Å². The zero-order valence-electron chi connectivity index (χ0n) is 17.4. The summed E-state index contributed by atoms with van der Waals surface area (Å²) in [5.74, 6) is 0.731. The molecule has 0 aliphatic carbocycles. The van der Waals surface area contributed by atoms with Gasteiger partial charge in [0.1, 0.15) is 5.82 Å². The quantitative estimate of drug-likeness (QED) is 0.676. The summed E-state index contributed by atoms with van der Waals surface area (Å²) >= 11 is 0. The molecule has 0 radical (unpaired) electrons. The second-order valence-corrected chi connectivity index (χ2v) is 8.24. The first kappa shape index (κ1) is 19.5. The van der Waals surface area contributed by atoms with Crippen LogP contribution in [0.2, 0.25) is 0 Å². The molecule has 0 saturated carbocycles. The lowest BCUT2D eigenvalue weighted by atomic mass is 9.98. The molecule has 160 valence electrons. The molecule has 0 fully saturated rings. The smallest absolute Gasteiger partial charge is 0.346 e. The van der Waals surface area contributed by atoms with Crippen LogP contribution in [0.5, 0.6) is 0 Å². The number of nitrogens with one attached hydrogen (secondary N) is 2. The van der Waals surface area contributed by atoms with Crippen LogP contribution in [-0.4, -0.2) is 37.8 Å². The normalized spacial score (nSPS) is 17.7. The largest absolute Gasteiger partial charge is 0.384 e. The van der Waals surface area contributed by atoms with Crippen LogP contribution in [0.4, 0.5) is 5.69 Å². The van der Waals surface area contributed by atoms with E-state index >= 15 is 0 Å². The van der Waals surface area contributed by atoms with E-state index in [-0.39, 0.29) is 17.6 Å². The number of para-hydroxylation sites is 1. The number of aromatic nitrogens is 4. The molecule has 31 heavy (non-hydrogen) atoms. The first-order valence-electron chi connectivity index (χ1n) is 10.9. The number of fused-ring (bicyclic) bond motifs is 2. The summed E-state index contributed by atoms with van der Waals surface area (Å²) in [7, 11) is 0. The second-order valence-electron chi connectivity index (χ2n) is 8.24. The highest BCUT2D eigenvalue weighted by Gasteiger charge is 2.24. The van der Waals surface area contributed by atoms with Gasteiger partial charge in [0.05, 0.1) is 17.8 Å². The number of rotatable bonds is 4. The molecule has 0 saturated heterocycles. The fourth-order valence-corrected chi connectivity index (χ4v) is 4.50. The van der Waals surface area contributed by atoms with Crippen molar-refractivity contribution >= 4 is 11.6 Å². The fraction of sp³-hybridized carbons (Fsp3) is 0.391. The van der Waals surface area contributed by atoms with Gasteiger partial charge in [-0.2, -0.15) is 5.10 Å². The molecule has 0 spiro atoms. The van der Waals surface area contributed by atoms with Crippen molar-refractivity contribution in [1.29, 1.82) is 0 Å². The Morgan fingerprint density at radius 2 is 2.13 bits per heavy atom. The van der Waals surface area contributed by atoms with E-state index in [9.17, 15) is 9.59 Å². The molecule has 1 atom stereocenters. The maximum atomic E-state index is 13.0. The van der Waals surface area contributed by atoms with E-state index in [1.165, 1.54) is 10.2 Å². The average molecular weight is 419 g/mol. The molecular weight excluding hydrogens is 392 g/mol. The number of benzene rings is 1. The lowest BCUT2D eigenvalue weighted by Gasteiger charge is -2.22. The van der Waals surface area contributed by atoms with E-state index < -0.39 is 0 Å². The highest BCUT2D eigenvalue weighted by molar-refractivity contribution is 6.00. The third-order valence-corrected chi connectivity index (χ3v) is 6.13. The van der Waals surface area contributed by atoms with Crippen molar-refractivity contribution in [2.24, 2.45) is 0 Å². The van der Waals surface area contributed by atoms with Gasteiger partial charge in [-0.15, -0.1) is 0 Å². The van der Waals surface area contributed by atoms with Crippen LogP contribution in [0.1, 0.15) is 46.6 Å². The first-order valence-corrected chi connectivity index (χ1v) is 10.9. The Morgan fingerprint density at radius 3 is 3.00 bits per heavy atom. The van der Waals surface area contributed by atoms with E-state index in [1.807, 2.05) is 24.3 Å². The van der Waals surface area contributed by atoms with Crippen molar-refractivity contribution in [2.75, 3.05) is 11.9 Å². The summed E-state index contributed by atoms with van der Waals surface area (Å²) in [6.45, 7) is 1.86. The number of pyridine rings is 1. The van der Waals surface area contributed by atoms with Crippen LogP contribution in [0.25, 0.3) is 0 Å². The summed E-state index contributed by atoms with van der Waals surface area (Å²) in [5.41, 5.74) is 3.72. The van der Waals surface area contributed by atoms with E-state index in [0.717, 1.165) is 42.9 Å². The standard InChI is InChI=1S/C23H26N6O2/c30-22(19-7-1-5-17-6-3-12-25-21(17)19)26-18-8-9-20-27-29(23(31)28(20)13-10-18)15-16-4-2-11-24-14-16/h1-2,4-5,7,11,14,18,25H,3,6,8-10,12-13,15H2,(H,26,30). The summed E-state index contributed by atoms with van der Waals surface area (Å²) in [4.78, 5) is 29.9. The Bertz CT molecular complexity index is 1150. The minimum atomic E-state index is -0.104. The Morgan fingerprint density at radius 1 is 1.19 bits per heavy atom. The predicted molar refractivity (Wildman–Crippen MR) is 117 cm³/mol. The molecule has 5 rings (SSSR count). The van der Waals surface area contributed by atoms with Crippen LogP contribution < -0.4 is 16.3 Å². The van der Waals surface area contributed by atoms with Gasteiger partial charge >= 0.3 is 5.69 Å². The highest BCUT2D eigenvalue weighted by atomic mass is 16.2. The highest BCUT2D eigenvalue weighted by Crippen LogP contribution is 2.26. The SMILES string of the molecule is O=C(NC1CCc2nn(Cc3cccnc3)c(=O)n2CC1)c1cccc2c1NCCC2. The van der Waals surface area contributed by atoms with Crippen LogP contribution in [0.3, 0.4) is 0 Å². The van der Waals surface area contributed by atoms with Gasteiger partial charge < -0.3 is 10.6 Å². The van der Waals surface area contributed by atoms with Gasteiger partial charge in [0.25, 0.3) is 5.91 Å². The van der Waals surface area contributed by atoms with Gasteiger partial charge in [0.15, 0.2) is 0 Å². The number of carbonyl (C=O) groups is 1. The first-order chi connectivity index (χ1) is 15.2. The molecular formula is C23H26N6O2. The number of aryl methyl sites for hydroxylation is 2. The maximum Gasteiger partial charge on any atom is 0.346 e. The molecule has 2 aliphatic rings. The minimum Gasteiger partial charge on any atom is -0.384 e. The summed E-state index contributed by atoms with van der Waals surface area (Å²) in [5, 5.41) is 11.1. The molecule has 2 aromatic heterocycles. The van der Waals surface area contributed by atoms with Crippen LogP contribution in [-0.2, 0) is 25.9 Å². The Balaban J connectivity index is 1.27. The number of hydrogen-bond donors (Lipinski definition) is 2. The third kappa shape index (κ3) is 3.97. The molecule has 1 amide bonds. The van der Waals surface area contributed by atoms with Crippen molar-refractivity contribution in [3.63, 3.8) is 0 Å². The average Bonchev–Trinajstić information content (AvgIpc) is 2.96. The monoisotopic (exact) mass is 418 g/mol. The second kappa shape index (κ2) is 8.37. The van der Waals surface area contributed by atoms with E-state index in [4.69, 9.17) is 0 Å². The molecule has 3 aromatic rings. The summed E-state index contributed by atoms with van der Waals surface area (Å²) in [6, 6.07) is 9.72. The van der Waals surface area contributed by atoms with Gasteiger partial charge in [-0.25, -0.2) is 9.48 Å². The number of hydrogen-bond acceptors (Lipinski definition) is 5. The molecule has 2 aliphatic heterocycles. The van der Waals surface area contributed by atoms with Gasteiger partial charge in [-0.1, -0.05) is 18.2 Å². The zero-order valence-corrected chi connectivity index (χ0v) is 17.4. The number of amides is 1. The van der Waals surface area contributed by atoms with E-state index in [2.05, 4.69) is 26.8 Å². The minimum absolute atomic E-state index is 0.0137. The van der Waals surface area contributed by atoms with E-state index in [0.29, 0.717) is 31.5 Å². The van der Waals surface area contributed by atoms with Crippen molar-refractivity contribution < 1.29 is 4.79 Å². The third-order valence-electron chi connectivity index (χ3n) is 6.13. The van der Waals surface area contributed by atoms with Crippen LogP contribution in [0.15, 0.2) is 47.5 Å². The van der Waals surface area contributed by atoms with Crippen molar-refractivity contribution in [3.05, 3.63) is 75.7 Å². The molecule has 8 heteroatoms. The van der Waals surface area contributed by atoms with Crippen molar-refractivity contribution in [2.45, 2.75) is 51.2 Å². The lowest BCUT2D eigenvalue weighted by Crippen LogP contribution is -2.36. The zero-order chi connectivity index (χ0) is 21.2. The topological polar surface area (TPSA) is 93.8 Å². The summed E-state index contributed by atoms with van der Waals surface area (Å²) < 4.78 is 3.25. The summed E-state index contributed by atoms with van der Waals surface area (Å²) in [6.07, 6.45) is 7.68. The molecule has 2 N–H and O–H groups in total. The lowest BCUT2D eigenvalue weighted by molar-refractivity contribution is 0.0933. The van der Waals surface area contributed by atoms with Crippen LogP contribution >= 0.6 is 0 Å². The number of nitrogens with zero attached hydrogens (tertiary/aromatic N) is 4. The maximum absolute atomic E-state index is 13.0. The Kier molecular flexibility index (Phi) is 5.28. The van der Waals surface area contributed by atoms with Gasteiger partial charge in [0, 0.05) is 37.9 Å². The van der Waals surface area contributed by atoms with Crippen LogP contribution in [0, 0.1) is 0 Å². The van der Waals surface area contributed by atoms with Crippen molar-refractivity contribution in [1.82, 2.24) is 24.6 Å². The molecule has 8 nitrogen and oxygen atoms in total. The Labute approximate surface area is 180 Å². The number of carbonyl (C=O) groups excluding carboxylic acids is 1. The molecule has 1 unspecified atom stereocenters. The molecule has 4 heterocycles. The van der Waals surface area contributed by atoms with Gasteiger partial charge in [0.2, 0.25) is 0 Å². The number of anilines is 1.